The molecule has 0 bridgehead atoms. The molecule has 1 saturated heterocycles. The average molecular weight is 589 g/mol. The SMILES string of the molecule is CC(CF)[C@@H](c1cccc(Br)c1F)C1CN([C@@H](c2ccc(Cl)cc2)c2cccc(-c3n[nH]c(=O)o3)c2)C1. The van der Waals surface area contributed by atoms with Gasteiger partial charge in [0.05, 0.1) is 17.2 Å². The third-order valence-corrected chi connectivity index (χ3v) is 7.95. The average Bonchev–Trinajstić information content (AvgIpc) is 3.32. The van der Waals surface area contributed by atoms with E-state index in [4.69, 9.17) is 16.0 Å². The molecule has 0 aliphatic carbocycles. The van der Waals surface area contributed by atoms with Gasteiger partial charge in [-0.3, -0.25) is 9.29 Å². The third-order valence-electron chi connectivity index (χ3n) is 7.08. The number of nitrogens with one attached hydrogen (secondary N) is 1. The van der Waals surface area contributed by atoms with Crippen molar-refractivity contribution in [3.8, 4) is 11.5 Å². The molecule has 0 amide bonds. The van der Waals surface area contributed by atoms with Crippen LogP contribution in [0.3, 0.4) is 0 Å². The number of hydrogen-bond donors (Lipinski definition) is 1. The highest BCUT2D eigenvalue weighted by Crippen LogP contribution is 2.44. The smallest absolute Gasteiger partial charge is 0.388 e. The van der Waals surface area contributed by atoms with Gasteiger partial charge in [0.2, 0.25) is 5.89 Å². The quantitative estimate of drug-likeness (QED) is 0.241. The summed E-state index contributed by atoms with van der Waals surface area (Å²) < 4.78 is 34.5. The number of halogens is 4. The van der Waals surface area contributed by atoms with Crippen molar-refractivity contribution in [1.82, 2.24) is 15.1 Å². The van der Waals surface area contributed by atoms with Crippen LogP contribution in [0.4, 0.5) is 8.78 Å². The van der Waals surface area contributed by atoms with E-state index < -0.39 is 12.4 Å². The molecule has 2 heterocycles. The Hall–Kier alpha value is -2.81. The van der Waals surface area contributed by atoms with Crippen LogP contribution < -0.4 is 5.76 Å². The lowest BCUT2D eigenvalue weighted by Gasteiger charge is -2.49. The van der Waals surface area contributed by atoms with E-state index in [2.05, 4.69) is 31.0 Å². The second-order valence-corrected chi connectivity index (χ2v) is 10.8. The Morgan fingerprint density at radius 3 is 2.54 bits per heavy atom. The van der Waals surface area contributed by atoms with Crippen molar-refractivity contribution in [3.05, 3.63) is 109 Å². The summed E-state index contributed by atoms with van der Waals surface area (Å²) in [5, 5.41) is 6.88. The van der Waals surface area contributed by atoms with E-state index in [1.54, 1.807) is 18.2 Å². The van der Waals surface area contributed by atoms with Crippen LogP contribution in [-0.4, -0.2) is 34.9 Å². The van der Waals surface area contributed by atoms with Crippen LogP contribution in [0.1, 0.15) is 35.6 Å². The molecule has 0 radical (unpaired) electrons. The van der Waals surface area contributed by atoms with Gasteiger partial charge in [-0.2, -0.15) is 0 Å². The summed E-state index contributed by atoms with van der Waals surface area (Å²) in [6, 6.07) is 20.4. The maximum atomic E-state index is 15.1. The molecule has 1 N–H and O–H groups in total. The zero-order valence-corrected chi connectivity index (χ0v) is 22.3. The summed E-state index contributed by atoms with van der Waals surface area (Å²) in [7, 11) is 0. The second kappa shape index (κ2) is 10.9. The molecule has 192 valence electrons. The molecule has 3 aromatic carbocycles. The Balaban J connectivity index is 1.47. The standard InChI is InChI=1S/C28H25BrClF2N3O2/c1-16(13-31)24(22-6-3-7-23(29)25(22)32)20-14-35(15-20)26(17-8-10-21(30)11-9-17)18-4-2-5-19(12-18)27-33-34-28(36)37-27/h2-12,16,20,24,26H,13-15H2,1H3,(H,34,36)/t16?,24-,26+/m1/s1. The van der Waals surface area contributed by atoms with Crippen molar-refractivity contribution in [2.24, 2.45) is 11.8 Å². The van der Waals surface area contributed by atoms with Gasteiger partial charge in [-0.1, -0.05) is 54.9 Å². The molecule has 5 rings (SSSR count). The Morgan fingerprint density at radius 2 is 1.86 bits per heavy atom. The summed E-state index contributed by atoms with van der Waals surface area (Å²) in [6.07, 6.45) is 0. The lowest BCUT2D eigenvalue weighted by Crippen LogP contribution is -2.52. The molecule has 4 aromatic rings. The summed E-state index contributed by atoms with van der Waals surface area (Å²) in [6.45, 7) is 2.64. The monoisotopic (exact) mass is 587 g/mol. The molecular weight excluding hydrogens is 564 g/mol. The number of rotatable bonds is 8. The predicted octanol–water partition coefficient (Wildman–Crippen LogP) is 7.00. The molecule has 37 heavy (non-hydrogen) atoms. The van der Waals surface area contributed by atoms with Crippen LogP contribution >= 0.6 is 27.5 Å². The van der Waals surface area contributed by atoms with Crippen molar-refractivity contribution in [3.63, 3.8) is 0 Å². The molecule has 1 fully saturated rings. The molecule has 3 atom stereocenters. The van der Waals surface area contributed by atoms with Gasteiger partial charge >= 0.3 is 5.76 Å². The Labute approximate surface area is 226 Å². The van der Waals surface area contributed by atoms with Gasteiger partial charge in [-0.25, -0.2) is 14.3 Å². The lowest BCUT2D eigenvalue weighted by atomic mass is 9.73. The fraction of sp³-hybridized carbons (Fsp3) is 0.286. The molecule has 9 heteroatoms. The van der Waals surface area contributed by atoms with E-state index in [-0.39, 0.29) is 35.5 Å². The van der Waals surface area contributed by atoms with E-state index in [0.717, 1.165) is 11.1 Å². The molecule has 0 spiro atoms. The van der Waals surface area contributed by atoms with Gasteiger partial charge < -0.3 is 4.42 Å². The Morgan fingerprint density at radius 1 is 1.14 bits per heavy atom. The largest absolute Gasteiger partial charge is 0.434 e. The lowest BCUT2D eigenvalue weighted by molar-refractivity contribution is 0.0354. The first-order chi connectivity index (χ1) is 17.9. The third kappa shape index (κ3) is 5.28. The van der Waals surface area contributed by atoms with Gasteiger partial charge in [0, 0.05) is 23.7 Å². The number of benzene rings is 3. The zero-order chi connectivity index (χ0) is 26.1. The number of likely N-dealkylation sites (tertiary alicyclic amines) is 1. The Bertz CT molecular complexity index is 1440. The van der Waals surface area contributed by atoms with Crippen LogP contribution in [0.15, 0.2) is 80.4 Å². The zero-order valence-electron chi connectivity index (χ0n) is 20.0. The number of H-pyrrole nitrogens is 1. The highest BCUT2D eigenvalue weighted by Gasteiger charge is 2.41. The summed E-state index contributed by atoms with van der Waals surface area (Å²) in [5.41, 5.74) is 3.23. The molecule has 1 aliphatic heterocycles. The van der Waals surface area contributed by atoms with Gasteiger partial charge in [-0.15, -0.1) is 5.10 Å². The number of aromatic amines is 1. The first kappa shape index (κ1) is 25.8. The summed E-state index contributed by atoms with van der Waals surface area (Å²) >= 11 is 9.45. The second-order valence-electron chi connectivity index (χ2n) is 9.51. The molecular formula is C28H25BrClF2N3O2. The van der Waals surface area contributed by atoms with Crippen molar-refractivity contribution in [2.45, 2.75) is 18.9 Å². The first-order valence-corrected chi connectivity index (χ1v) is 13.2. The molecule has 0 saturated carbocycles. The maximum Gasteiger partial charge on any atom is 0.434 e. The van der Waals surface area contributed by atoms with E-state index in [0.29, 0.717) is 33.7 Å². The highest BCUT2D eigenvalue weighted by molar-refractivity contribution is 9.10. The van der Waals surface area contributed by atoms with Crippen molar-refractivity contribution in [1.29, 1.82) is 0 Å². The van der Waals surface area contributed by atoms with Gasteiger partial charge in [0.25, 0.3) is 0 Å². The molecule has 5 nitrogen and oxygen atoms in total. The van der Waals surface area contributed by atoms with E-state index in [1.807, 2.05) is 55.5 Å². The van der Waals surface area contributed by atoms with Gasteiger partial charge in [-0.05, 0) is 80.7 Å². The number of alkyl halides is 1. The fourth-order valence-corrected chi connectivity index (χ4v) is 5.85. The summed E-state index contributed by atoms with van der Waals surface area (Å²) in [5.74, 6) is -1.23. The van der Waals surface area contributed by atoms with E-state index in [9.17, 15) is 9.18 Å². The van der Waals surface area contributed by atoms with Crippen LogP contribution in [0.25, 0.3) is 11.5 Å². The van der Waals surface area contributed by atoms with Crippen LogP contribution in [0, 0.1) is 17.7 Å². The highest BCUT2D eigenvalue weighted by atomic mass is 79.9. The van der Waals surface area contributed by atoms with E-state index in [1.165, 1.54) is 0 Å². The minimum absolute atomic E-state index is 0.0805. The Kier molecular flexibility index (Phi) is 7.60. The predicted molar refractivity (Wildman–Crippen MR) is 143 cm³/mol. The van der Waals surface area contributed by atoms with Crippen molar-refractivity contribution >= 4 is 27.5 Å². The number of aromatic nitrogens is 2. The molecule has 1 unspecified atom stereocenters. The van der Waals surface area contributed by atoms with Crippen LogP contribution in [0.2, 0.25) is 5.02 Å². The fourth-order valence-electron chi connectivity index (χ4n) is 5.34. The topological polar surface area (TPSA) is 62.1 Å². The molecule has 1 aromatic heterocycles. The van der Waals surface area contributed by atoms with Crippen LogP contribution in [-0.2, 0) is 0 Å². The van der Waals surface area contributed by atoms with Crippen LogP contribution in [0.5, 0.6) is 0 Å². The van der Waals surface area contributed by atoms with Crippen molar-refractivity contribution < 1.29 is 13.2 Å². The normalized spacial score (nSPS) is 16.8. The number of nitrogens with zero attached hydrogens (tertiary/aromatic N) is 2. The van der Waals surface area contributed by atoms with Gasteiger partial charge in [0.1, 0.15) is 5.82 Å². The van der Waals surface area contributed by atoms with E-state index >= 15 is 4.39 Å². The van der Waals surface area contributed by atoms with Crippen molar-refractivity contribution in [2.75, 3.05) is 19.8 Å². The number of hydrogen-bond acceptors (Lipinski definition) is 4. The summed E-state index contributed by atoms with van der Waals surface area (Å²) in [4.78, 5) is 13.8. The minimum Gasteiger partial charge on any atom is -0.388 e. The minimum atomic E-state index is -0.618. The first-order valence-electron chi connectivity index (χ1n) is 12.0. The van der Waals surface area contributed by atoms with Gasteiger partial charge in [0.15, 0.2) is 0 Å². The molecule has 1 aliphatic rings. The maximum absolute atomic E-state index is 15.1.